The molecule has 1 aromatic rings. The monoisotopic (exact) mass is 233 g/mol. The molecule has 2 rings (SSSR count). The van der Waals surface area contributed by atoms with E-state index in [-0.39, 0.29) is 0 Å². The molecule has 0 aromatic heterocycles. The van der Waals surface area contributed by atoms with Crippen molar-refractivity contribution in [3.63, 3.8) is 0 Å². The third-order valence-corrected chi connectivity index (χ3v) is 3.20. The van der Waals surface area contributed by atoms with Gasteiger partial charge in [0.2, 0.25) is 5.72 Å². The number of hydrogen-bond donors (Lipinski definition) is 1. The van der Waals surface area contributed by atoms with Gasteiger partial charge in [0.05, 0.1) is 0 Å². The van der Waals surface area contributed by atoms with E-state index in [0.717, 1.165) is 12.0 Å². The molecule has 0 fully saturated rings. The highest BCUT2D eigenvalue weighted by Gasteiger charge is 2.39. The van der Waals surface area contributed by atoms with Crippen molar-refractivity contribution in [1.82, 2.24) is 5.01 Å². The van der Waals surface area contributed by atoms with Crippen LogP contribution in [0.5, 0.6) is 0 Å². The lowest BCUT2D eigenvalue weighted by Crippen LogP contribution is -2.50. The summed E-state index contributed by atoms with van der Waals surface area (Å²) in [5, 5.41) is 5.72. The molecule has 1 atom stereocenters. The summed E-state index contributed by atoms with van der Waals surface area (Å²) in [7, 11) is 0. The average Bonchev–Trinajstić information content (AvgIpc) is 2.55. The molecular formula is C13H19N3O. The number of nitrogens with zero attached hydrogens (tertiary/aromatic N) is 2. The Bertz CT molecular complexity index is 449. The van der Waals surface area contributed by atoms with Crippen molar-refractivity contribution in [2.45, 2.75) is 39.8 Å². The molecule has 4 heteroatoms. The van der Waals surface area contributed by atoms with Gasteiger partial charge in [-0.2, -0.15) is 0 Å². The Morgan fingerprint density at radius 2 is 1.88 bits per heavy atom. The van der Waals surface area contributed by atoms with Crippen LogP contribution in [0.4, 0.5) is 0 Å². The van der Waals surface area contributed by atoms with Crippen LogP contribution in [0.15, 0.2) is 23.4 Å². The van der Waals surface area contributed by atoms with Gasteiger partial charge in [-0.05, 0) is 32.9 Å². The maximum absolute atomic E-state index is 6.08. The van der Waals surface area contributed by atoms with Crippen molar-refractivity contribution in [2.75, 3.05) is 0 Å². The SMILES string of the molecule is CCC1(C)ON=C(c2cc(C)cc(C)c2)N1N. The van der Waals surface area contributed by atoms with Crippen molar-refractivity contribution in [1.29, 1.82) is 0 Å². The first-order chi connectivity index (χ1) is 7.96. The summed E-state index contributed by atoms with van der Waals surface area (Å²) in [6.07, 6.45) is 0.779. The Kier molecular flexibility index (Phi) is 2.83. The fourth-order valence-corrected chi connectivity index (χ4v) is 1.98. The van der Waals surface area contributed by atoms with Gasteiger partial charge >= 0.3 is 0 Å². The third-order valence-electron chi connectivity index (χ3n) is 3.20. The molecule has 0 amide bonds. The summed E-state index contributed by atoms with van der Waals surface area (Å²) in [5.74, 6) is 6.77. The number of nitrogens with two attached hydrogens (primary N) is 1. The van der Waals surface area contributed by atoms with E-state index in [1.54, 1.807) is 5.01 Å². The van der Waals surface area contributed by atoms with Gasteiger partial charge in [0, 0.05) is 12.0 Å². The molecular weight excluding hydrogens is 214 g/mol. The number of aryl methyl sites for hydroxylation is 2. The zero-order valence-electron chi connectivity index (χ0n) is 10.8. The Labute approximate surface area is 102 Å². The topological polar surface area (TPSA) is 50.8 Å². The first-order valence-corrected chi connectivity index (χ1v) is 5.86. The summed E-state index contributed by atoms with van der Waals surface area (Å²) < 4.78 is 0. The molecule has 0 saturated carbocycles. The molecule has 92 valence electrons. The fraction of sp³-hybridized carbons (Fsp3) is 0.462. The largest absolute Gasteiger partial charge is 0.364 e. The molecule has 0 bridgehead atoms. The number of benzene rings is 1. The van der Waals surface area contributed by atoms with Gasteiger partial charge in [0.25, 0.3) is 0 Å². The van der Waals surface area contributed by atoms with E-state index in [9.17, 15) is 0 Å². The van der Waals surface area contributed by atoms with Crippen LogP contribution >= 0.6 is 0 Å². The van der Waals surface area contributed by atoms with E-state index in [4.69, 9.17) is 10.7 Å². The molecule has 0 spiro atoms. The Hall–Kier alpha value is -1.55. The molecule has 1 aromatic carbocycles. The molecule has 0 saturated heterocycles. The predicted octanol–water partition coefficient (Wildman–Crippen LogP) is 2.30. The molecule has 1 heterocycles. The standard InChI is InChI=1S/C13H19N3O/c1-5-13(4)16(14)12(15-17-13)11-7-9(2)6-10(3)8-11/h6-8H,5,14H2,1-4H3. The molecule has 0 aliphatic carbocycles. The number of amidine groups is 1. The first kappa shape index (κ1) is 11.9. The van der Waals surface area contributed by atoms with Gasteiger partial charge in [-0.3, -0.25) is 0 Å². The second kappa shape index (κ2) is 4.04. The van der Waals surface area contributed by atoms with Crippen molar-refractivity contribution < 1.29 is 4.84 Å². The molecule has 4 nitrogen and oxygen atoms in total. The quantitative estimate of drug-likeness (QED) is 0.797. The number of oxime groups is 1. The van der Waals surface area contributed by atoms with Crippen LogP contribution in [-0.2, 0) is 4.84 Å². The van der Waals surface area contributed by atoms with E-state index >= 15 is 0 Å². The van der Waals surface area contributed by atoms with Crippen LogP contribution in [0, 0.1) is 13.8 Å². The highest BCUT2D eigenvalue weighted by atomic mass is 16.7. The molecule has 0 radical (unpaired) electrons. The van der Waals surface area contributed by atoms with Gasteiger partial charge in [0.15, 0.2) is 5.84 Å². The maximum atomic E-state index is 6.08. The highest BCUT2D eigenvalue weighted by molar-refractivity contribution is 5.99. The van der Waals surface area contributed by atoms with Gasteiger partial charge in [-0.25, -0.2) is 10.9 Å². The van der Waals surface area contributed by atoms with Gasteiger partial charge < -0.3 is 4.84 Å². The second-order valence-electron chi connectivity index (χ2n) is 4.78. The Morgan fingerprint density at radius 3 is 2.35 bits per heavy atom. The van der Waals surface area contributed by atoms with Crippen molar-refractivity contribution in [2.24, 2.45) is 11.0 Å². The summed E-state index contributed by atoms with van der Waals surface area (Å²) in [4.78, 5) is 5.44. The van der Waals surface area contributed by atoms with Crippen LogP contribution in [0.3, 0.4) is 0 Å². The molecule has 1 unspecified atom stereocenters. The zero-order chi connectivity index (χ0) is 12.6. The van der Waals surface area contributed by atoms with Crippen molar-refractivity contribution in [3.05, 3.63) is 34.9 Å². The lowest BCUT2D eigenvalue weighted by atomic mass is 10.1. The minimum Gasteiger partial charge on any atom is -0.364 e. The second-order valence-corrected chi connectivity index (χ2v) is 4.78. The fourth-order valence-electron chi connectivity index (χ4n) is 1.98. The first-order valence-electron chi connectivity index (χ1n) is 5.86. The van der Waals surface area contributed by atoms with E-state index < -0.39 is 5.72 Å². The third kappa shape index (κ3) is 2.00. The smallest absolute Gasteiger partial charge is 0.221 e. The minimum absolute atomic E-state index is 0.535. The van der Waals surface area contributed by atoms with E-state index in [1.807, 2.05) is 13.8 Å². The van der Waals surface area contributed by atoms with Crippen LogP contribution in [0.1, 0.15) is 37.0 Å². The van der Waals surface area contributed by atoms with E-state index in [1.165, 1.54) is 11.1 Å². The van der Waals surface area contributed by atoms with E-state index in [2.05, 4.69) is 37.2 Å². The van der Waals surface area contributed by atoms with Gasteiger partial charge in [-0.15, -0.1) is 0 Å². The maximum Gasteiger partial charge on any atom is 0.221 e. The molecule has 17 heavy (non-hydrogen) atoms. The Morgan fingerprint density at radius 1 is 1.29 bits per heavy atom. The normalized spacial score (nSPS) is 23.6. The van der Waals surface area contributed by atoms with Crippen LogP contribution in [-0.4, -0.2) is 16.6 Å². The zero-order valence-corrected chi connectivity index (χ0v) is 10.8. The molecule has 2 N–H and O–H groups in total. The summed E-state index contributed by atoms with van der Waals surface area (Å²) in [5.41, 5.74) is 2.86. The predicted molar refractivity (Wildman–Crippen MR) is 68.3 cm³/mol. The van der Waals surface area contributed by atoms with Crippen molar-refractivity contribution in [3.8, 4) is 0 Å². The molecule has 1 aliphatic rings. The summed E-state index contributed by atoms with van der Waals surface area (Å²) >= 11 is 0. The highest BCUT2D eigenvalue weighted by Crippen LogP contribution is 2.27. The minimum atomic E-state index is -0.535. The van der Waals surface area contributed by atoms with Crippen LogP contribution < -0.4 is 5.84 Å². The number of rotatable bonds is 2. The molecule has 1 aliphatic heterocycles. The number of hydrazine groups is 1. The summed E-state index contributed by atoms with van der Waals surface area (Å²) in [6.45, 7) is 8.09. The average molecular weight is 233 g/mol. The van der Waals surface area contributed by atoms with E-state index in [0.29, 0.717) is 5.84 Å². The summed E-state index contributed by atoms with van der Waals surface area (Å²) in [6, 6.07) is 6.26. The van der Waals surface area contributed by atoms with Crippen molar-refractivity contribution >= 4 is 5.84 Å². The Balaban J connectivity index is 2.36. The van der Waals surface area contributed by atoms with Gasteiger partial charge in [0.1, 0.15) is 0 Å². The number of hydrogen-bond acceptors (Lipinski definition) is 4. The lowest BCUT2D eigenvalue weighted by Gasteiger charge is -2.29. The van der Waals surface area contributed by atoms with Crippen LogP contribution in [0.25, 0.3) is 0 Å². The van der Waals surface area contributed by atoms with Crippen LogP contribution in [0.2, 0.25) is 0 Å². The van der Waals surface area contributed by atoms with Gasteiger partial charge in [-0.1, -0.05) is 29.3 Å². The lowest BCUT2D eigenvalue weighted by molar-refractivity contribution is -0.0869.